The molecule has 102 valence electrons. The highest BCUT2D eigenvalue weighted by atomic mass is 16.4. The average molecular weight is 261 g/mol. The first-order chi connectivity index (χ1) is 8.88. The number of amides is 1. The summed E-state index contributed by atoms with van der Waals surface area (Å²) >= 11 is 0. The maximum absolute atomic E-state index is 11.9. The van der Waals surface area contributed by atoms with E-state index in [1.165, 1.54) is 0 Å². The molecule has 1 aliphatic rings. The number of benzene rings is 1. The molecule has 1 saturated carbocycles. The summed E-state index contributed by atoms with van der Waals surface area (Å²) in [5.41, 5.74) is 3.37. The van der Waals surface area contributed by atoms with Crippen LogP contribution in [0, 0.1) is 25.7 Å². The van der Waals surface area contributed by atoms with E-state index in [9.17, 15) is 9.59 Å². The van der Waals surface area contributed by atoms with Crippen LogP contribution >= 0.6 is 0 Å². The maximum atomic E-state index is 11.9. The van der Waals surface area contributed by atoms with Crippen LogP contribution in [0.15, 0.2) is 18.2 Å². The van der Waals surface area contributed by atoms with Crippen molar-refractivity contribution in [2.24, 2.45) is 11.8 Å². The number of aryl methyl sites for hydroxylation is 2. The molecule has 0 saturated heterocycles. The molecule has 19 heavy (non-hydrogen) atoms. The fraction of sp³-hybridized carbons (Fsp3) is 0.467. The highest BCUT2D eigenvalue weighted by molar-refractivity contribution is 5.89. The van der Waals surface area contributed by atoms with Crippen molar-refractivity contribution in [3.05, 3.63) is 34.9 Å². The van der Waals surface area contributed by atoms with E-state index in [-0.39, 0.29) is 17.9 Å². The lowest BCUT2D eigenvalue weighted by Gasteiger charge is -2.15. The molecule has 0 spiro atoms. The van der Waals surface area contributed by atoms with Crippen LogP contribution in [0.3, 0.4) is 0 Å². The molecule has 0 aliphatic heterocycles. The topological polar surface area (TPSA) is 66.4 Å². The van der Waals surface area contributed by atoms with Gasteiger partial charge in [0.15, 0.2) is 0 Å². The Morgan fingerprint density at radius 2 is 1.79 bits per heavy atom. The molecule has 1 aromatic carbocycles. The third kappa shape index (κ3) is 3.13. The first-order valence-electron chi connectivity index (χ1n) is 6.50. The Kier molecular flexibility index (Phi) is 3.60. The van der Waals surface area contributed by atoms with Crippen LogP contribution in [0.4, 0.5) is 0 Å². The number of hydrogen-bond donors (Lipinski definition) is 2. The van der Waals surface area contributed by atoms with Crippen LogP contribution in [-0.2, 0) is 9.59 Å². The largest absolute Gasteiger partial charge is 0.481 e. The Labute approximate surface area is 112 Å². The van der Waals surface area contributed by atoms with Gasteiger partial charge in [0.2, 0.25) is 5.91 Å². The van der Waals surface area contributed by atoms with Crippen LogP contribution in [0.1, 0.15) is 36.1 Å². The first kappa shape index (κ1) is 13.6. The Morgan fingerprint density at radius 3 is 2.26 bits per heavy atom. The molecule has 0 aromatic heterocycles. The van der Waals surface area contributed by atoms with Crippen molar-refractivity contribution < 1.29 is 14.7 Å². The molecular formula is C15H19NO3. The molecule has 0 heterocycles. The standard InChI is InChI=1S/C15H19NO3/c1-8-4-9(2)6-11(5-8)10(3)16-14(17)12-7-13(12)15(18)19/h4-6,10,12-13H,7H2,1-3H3,(H,16,17)(H,18,19). The van der Waals surface area contributed by atoms with Crippen molar-refractivity contribution in [3.63, 3.8) is 0 Å². The van der Waals surface area contributed by atoms with E-state index in [1.54, 1.807) is 0 Å². The van der Waals surface area contributed by atoms with Crippen molar-refractivity contribution in [2.75, 3.05) is 0 Å². The summed E-state index contributed by atoms with van der Waals surface area (Å²) in [6.45, 7) is 5.96. The van der Waals surface area contributed by atoms with Crippen molar-refractivity contribution in [1.29, 1.82) is 0 Å². The van der Waals surface area contributed by atoms with Gasteiger partial charge >= 0.3 is 5.97 Å². The van der Waals surface area contributed by atoms with E-state index in [4.69, 9.17) is 5.11 Å². The number of rotatable bonds is 4. The molecule has 4 nitrogen and oxygen atoms in total. The number of aliphatic carboxylic acids is 1. The molecule has 1 amide bonds. The molecule has 3 atom stereocenters. The number of carbonyl (C=O) groups is 2. The van der Waals surface area contributed by atoms with Gasteiger partial charge in [0.25, 0.3) is 0 Å². The third-order valence-corrected chi connectivity index (χ3v) is 3.55. The summed E-state index contributed by atoms with van der Waals surface area (Å²) in [5.74, 6) is -1.88. The fourth-order valence-electron chi connectivity index (χ4n) is 2.42. The second-order valence-electron chi connectivity index (χ2n) is 5.44. The molecular weight excluding hydrogens is 242 g/mol. The molecule has 1 fully saturated rings. The highest BCUT2D eigenvalue weighted by Crippen LogP contribution is 2.39. The zero-order valence-corrected chi connectivity index (χ0v) is 11.4. The summed E-state index contributed by atoms with van der Waals surface area (Å²) < 4.78 is 0. The van der Waals surface area contributed by atoms with Gasteiger partial charge in [0, 0.05) is 0 Å². The van der Waals surface area contributed by atoms with Gasteiger partial charge in [-0.25, -0.2) is 0 Å². The number of carbonyl (C=O) groups excluding carboxylic acids is 1. The predicted octanol–water partition coefficient (Wildman–Crippen LogP) is 2.20. The normalized spacial score (nSPS) is 22.7. The third-order valence-electron chi connectivity index (χ3n) is 3.55. The van der Waals surface area contributed by atoms with E-state index in [1.807, 2.05) is 32.9 Å². The Morgan fingerprint density at radius 1 is 1.21 bits per heavy atom. The van der Waals surface area contributed by atoms with Gasteiger partial charge in [-0.05, 0) is 32.8 Å². The molecule has 0 bridgehead atoms. The molecule has 3 unspecified atom stereocenters. The Balaban J connectivity index is 1.99. The summed E-state index contributed by atoms with van der Waals surface area (Å²) in [7, 11) is 0. The molecule has 2 N–H and O–H groups in total. The van der Waals surface area contributed by atoms with E-state index in [0.717, 1.165) is 16.7 Å². The van der Waals surface area contributed by atoms with E-state index in [2.05, 4.69) is 11.4 Å². The molecule has 0 radical (unpaired) electrons. The van der Waals surface area contributed by atoms with Crippen LogP contribution in [0.25, 0.3) is 0 Å². The zero-order chi connectivity index (χ0) is 14.2. The fourth-order valence-corrected chi connectivity index (χ4v) is 2.42. The van der Waals surface area contributed by atoms with Gasteiger partial charge in [-0.1, -0.05) is 29.3 Å². The second kappa shape index (κ2) is 5.03. The van der Waals surface area contributed by atoms with Crippen LogP contribution in [-0.4, -0.2) is 17.0 Å². The van der Waals surface area contributed by atoms with Gasteiger partial charge in [0.1, 0.15) is 0 Å². The SMILES string of the molecule is Cc1cc(C)cc(C(C)NC(=O)C2CC2C(=O)O)c1. The average Bonchev–Trinajstić information content (AvgIpc) is 3.07. The highest BCUT2D eigenvalue weighted by Gasteiger charge is 2.48. The molecule has 1 aliphatic carbocycles. The van der Waals surface area contributed by atoms with Gasteiger partial charge in [0.05, 0.1) is 17.9 Å². The lowest BCUT2D eigenvalue weighted by Crippen LogP contribution is -2.29. The lowest BCUT2D eigenvalue weighted by molar-refractivity contribution is -0.140. The van der Waals surface area contributed by atoms with Gasteiger partial charge < -0.3 is 10.4 Å². The molecule has 4 heteroatoms. The van der Waals surface area contributed by atoms with Gasteiger partial charge in [-0.15, -0.1) is 0 Å². The van der Waals surface area contributed by atoms with Crippen LogP contribution < -0.4 is 5.32 Å². The lowest BCUT2D eigenvalue weighted by atomic mass is 10.0. The quantitative estimate of drug-likeness (QED) is 0.873. The number of nitrogens with one attached hydrogen (secondary N) is 1. The monoisotopic (exact) mass is 261 g/mol. The summed E-state index contributed by atoms with van der Waals surface area (Å²) in [6.07, 6.45) is 0.459. The predicted molar refractivity (Wildman–Crippen MR) is 71.7 cm³/mol. The van der Waals surface area contributed by atoms with Crippen molar-refractivity contribution in [2.45, 2.75) is 33.2 Å². The van der Waals surface area contributed by atoms with Gasteiger partial charge in [-0.3, -0.25) is 9.59 Å². The van der Waals surface area contributed by atoms with E-state index < -0.39 is 11.9 Å². The summed E-state index contributed by atoms with van der Waals surface area (Å²) in [4.78, 5) is 22.6. The number of carboxylic acid groups (broad SMARTS) is 1. The minimum absolute atomic E-state index is 0.0962. The van der Waals surface area contributed by atoms with Crippen molar-refractivity contribution in [3.8, 4) is 0 Å². The minimum atomic E-state index is -0.876. The Bertz CT molecular complexity index is 504. The van der Waals surface area contributed by atoms with E-state index >= 15 is 0 Å². The smallest absolute Gasteiger partial charge is 0.307 e. The maximum Gasteiger partial charge on any atom is 0.307 e. The first-order valence-corrected chi connectivity index (χ1v) is 6.50. The summed E-state index contributed by atoms with van der Waals surface area (Å²) in [6, 6.07) is 6.07. The van der Waals surface area contributed by atoms with E-state index in [0.29, 0.717) is 6.42 Å². The minimum Gasteiger partial charge on any atom is -0.481 e. The Hall–Kier alpha value is -1.84. The number of carboxylic acids is 1. The van der Waals surface area contributed by atoms with Crippen molar-refractivity contribution >= 4 is 11.9 Å². The zero-order valence-electron chi connectivity index (χ0n) is 11.4. The van der Waals surface area contributed by atoms with Crippen LogP contribution in [0.2, 0.25) is 0 Å². The number of hydrogen-bond acceptors (Lipinski definition) is 2. The summed E-state index contributed by atoms with van der Waals surface area (Å²) in [5, 5.41) is 11.7. The van der Waals surface area contributed by atoms with Gasteiger partial charge in [-0.2, -0.15) is 0 Å². The molecule has 1 aromatic rings. The van der Waals surface area contributed by atoms with Crippen LogP contribution in [0.5, 0.6) is 0 Å². The van der Waals surface area contributed by atoms with Crippen molar-refractivity contribution in [1.82, 2.24) is 5.32 Å². The second-order valence-corrected chi connectivity index (χ2v) is 5.44. The molecule has 2 rings (SSSR count).